The van der Waals surface area contributed by atoms with Gasteiger partial charge in [-0.2, -0.15) is 0 Å². The van der Waals surface area contributed by atoms with Gasteiger partial charge in [-0.05, 0) is 12.1 Å². The average Bonchev–Trinajstić information content (AvgIpc) is 2.54. The van der Waals surface area contributed by atoms with Crippen LogP contribution >= 0.6 is 12.6 Å². The average molecular weight is 181 g/mol. The second-order valence-corrected chi connectivity index (χ2v) is 2.65. The zero-order valence-corrected chi connectivity index (χ0v) is 7.11. The Morgan fingerprint density at radius 3 is 3.08 bits per heavy atom. The summed E-state index contributed by atoms with van der Waals surface area (Å²) in [6.07, 6.45) is 3.44. The molecule has 0 aliphatic carbocycles. The van der Waals surface area contributed by atoms with Crippen molar-refractivity contribution in [1.82, 2.24) is 4.98 Å². The third-order valence-corrected chi connectivity index (χ3v) is 1.68. The molecular weight excluding hydrogens is 174 g/mol. The molecule has 1 aliphatic rings. The molecule has 0 spiro atoms. The molecule has 5 heteroatoms. The molecule has 0 aromatic carbocycles. The second kappa shape index (κ2) is 3.02. The van der Waals surface area contributed by atoms with E-state index in [4.69, 9.17) is 4.74 Å². The molecule has 2 rings (SSSR count). The number of thiol groups is 1. The molecule has 0 fully saturated rings. The fraction of sp³-hybridized carbons (Fsp3) is 0.143. The quantitative estimate of drug-likeness (QED) is 0.659. The summed E-state index contributed by atoms with van der Waals surface area (Å²) >= 11 is 3.97. The lowest BCUT2D eigenvalue weighted by atomic mass is 10.4. The highest BCUT2D eigenvalue weighted by Crippen LogP contribution is 2.16. The van der Waals surface area contributed by atoms with Crippen molar-refractivity contribution >= 4 is 23.5 Å². The summed E-state index contributed by atoms with van der Waals surface area (Å²) in [7, 11) is 0. The van der Waals surface area contributed by atoms with E-state index in [2.05, 4.69) is 22.7 Å². The van der Waals surface area contributed by atoms with Crippen LogP contribution in [0, 0.1) is 0 Å². The fourth-order valence-corrected chi connectivity index (χ4v) is 1.08. The van der Waals surface area contributed by atoms with Crippen LogP contribution in [0.2, 0.25) is 0 Å². The van der Waals surface area contributed by atoms with Crippen LogP contribution in [0.15, 0.2) is 29.6 Å². The first-order valence-electron chi connectivity index (χ1n) is 3.44. The van der Waals surface area contributed by atoms with Crippen LogP contribution in [0.4, 0.5) is 5.69 Å². The summed E-state index contributed by atoms with van der Waals surface area (Å²) < 4.78 is 5.03. The lowest BCUT2D eigenvalue weighted by Crippen LogP contribution is -2.12. The predicted molar refractivity (Wildman–Crippen MR) is 49.1 cm³/mol. The molecule has 12 heavy (non-hydrogen) atoms. The largest absolute Gasteiger partial charge is 0.449 e. The maximum absolute atomic E-state index is 5.03. The summed E-state index contributed by atoms with van der Waals surface area (Å²) in [4.78, 5) is 3.96. The van der Waals surface area contributed by atoms with Gasteiger partial charge in [-0.3, -0.25) is 4.98 Å². The lowest BCUT2D eigenvalue weighted by molar-refractivity contribution is 0.346. The number of hydrazone groups is 1. The van der Waals surface area contributed by atoms with Gasteiger partial charge in [0, 0.05) is 6.20 Å². The maximum atomic E-state index is 5.03. The van der Waals surface area contributed by atoms with Crippen molar-refractivity contribution in [3.8, 4) is 0 Å². The van der Waals surface area contributed by atoms with Crippen molar-refractivity contribution in [2.24, 2.45) is 5.10 Å². The molecule has 0 N–H and O–H groups in total. The minimum Gasteiger partial charge on any atom is -0.449 e. The molecular formula is C7H7N3OS. The van der Waals surface area contributed by atoms with Gasteiger partial charge in [0.05, 0.1) is 11.9 Å². The summed E-state index contributed by atoms with van der Waals surface area (Å²) in [6.45, 7) is 0.407. The molecule has 1 aromatic heterocycles. The van der Waals surface area contributed by atoms with Crippen LogP contribution in [-0.4, -0.2) is 16.9 Å². The Balaban J connectivity index is 2.22. The van der Waals surface area contributed by atoms with E-state index >= 15 is 0 Å². The van der Waals surface area contributed by atoms with Crippen molar-refractivity contribution in [3.05, 3.63) is 24.5 Å². The van der Waals surface area contributed by atoms with Gasteiger partial charge in [0.15, 0.2) is 6.73 Å². The molecule has 4 nitrogen and oxygen atoms in total. The SMILES string of the molecule is SC1=NN(c2cccnc2)CO1. The first-order valence-corrected chi connectivity index (χ1v) is 3.89. The molecule has 62 valence electrons. The number of ether oxygens (including phenoxy) is 1. The second-order valence-electron chi connectivity index (χ2n) is 2.27. The molecule has 0 bridgehead atoms. The minimum absolute atomic E-state index is 0.388. The van der Waals surface area contributed by atoms with E-state index in [0.717, 1.165) is 5.69 Å². The molecule has 0 unspecified atom stereocenters. The van der Waals surface area contributed by atoms with Gasteiger partial charge >= 0.3 is 0 Å². The van der Waals surface area contributed by atoms with Gasteiger partial charge in [-0.15, -0.1) is 5.10 Å². The Labute approximate surface area is 75.3 Å². The van der Waals surface area contributed by atoms with Gasteiger partial charge < -0.3 is 4.74 Å². The monoisotopic (exact) mass is 181 g/mol. The van der Waals surface area contributed by atoms with Crippen LogP contribution < -0.4 is 5.01 Å². The highest BCUT2D eigenvalue weighted by atomic mass is 32.1. The van der Waals surface area contributed by atoms with Gasteiger partial charge in [-0.1, -0.05) is 12.6 Å². The number of aromatic nitrogens is 1. The molecule has 2 heterocycles. The van der Waals surface area contributed by atoms with Crippen molar-refractivity contribution in [3.63, 3.8) is 0 Å². The summed E-state index contributed by atoms with van der Waals surface area (Å²) in [5.74, 6) is 0. The predicted octanol–water partition coefficient (Wildman–Crippen LogP) is 1.08. The Bertz CT molecular complexity index is 301. The molecule has 0 radical (unpaired) electrons. The third-order valence-electron chi connectivity index (χ3n) is 1.47. The Kier molecular flexibility index (Phi) is 1.87. The molecule has 0 atom stereocenters. The smallest absolute Gasteiger partial charge is 0.266 e. The number of nitrogens with zero attached hydrogens (tertiary/aromatic N) is 3. The van der Waals surface area contributed by atoms with Gasteiger partial charge in [0.2, 0.25) is 0 Å². The van der Waals surface area contributed by atoms with E-state index in [1.807, 2.05) is 12.1 Å². The number of anilines is 1. The Hall–Kier alpha value is -1.23. The molecule has 0 saturated heterocycles. The van der Waals surface area contributed by atoms with Crippen LogP contribution in [0.25, 0.3) is 0 Å². The Morgan fingerprint density at radius 2 is 2.50 bits per heavy atom. The molecule has 0 amide bonds. The van der Waals surface area contributed by atoms with Crippen molar-refractivity contribution in [1.29, 1.82) is 0 Å². The molecule has 1 aliphatic heterocycles. The van der Waals surface area contributed by atoms with E-state index in [-0.39, 0.29) is 0 Å². The van der Waals surface area contributed by atoms with E-state index in [1.165, 1.54) is 0 Å². The normalized spacial score (nSPS) is 15.8. The van der Waals surface area contributed by atoms with Crippen molar-refractivity contribution < 1.29 is 4.74 Å². The first-order chi connectivity index (χ1) is 5.86. The highest BCUT2D eigenvalue weighted by Gasteiger charge is 2.13. The van der Waals surface area contributed by atoms with E-state index in [0.29, 0.717) is 12.0 Å². The van der Waals surface area contributed by atoms with E-state index < -0.39 is 0 Å². The number of pyridine rings is 1. The third kappa shape index (κ3) is 1.35. The standard InChI is InChI=1S/C7H7N3OS/c12-7-9-10(5-11-7)6-2-1-3-8-4-6/h1-4H,5H2,(H,9,12). The van der Waals surface area contributed by atoms with Crippen LogP contribution in [0.5, 0.6) is 0 Å². The minimum atomic E-state index is 0.388. The maximum Gasteiger partial charge on any atom is 0.266 e. The highest BCUT2D eigenvalue weighted by molar-refractivity contribution is 7.96. The number of rotatable bonds is 1. The molecule has 0 saturated carbocycles. The number of hydrogen-bond donors (Lipinski definition) is 1. The first kappa shape index (κ1) is 7.42. The van der Waals surface area contributed by atoms with E-state index in [9.17, 15) is 0 Å². The zero-order chi connectivity index (χ0) is 8.39. The molecule has 1 aromatic rings. The fourth-order valence-electron chi connectivity index (χ4n) is 0.919. The Morgan fingerprint density at radius 1 is 1.58 bits per heavy atom. The van der Waals surface area contributed by atoms with Gasteiger partial charge in [-0.25, -0.2) is 5.01 Å². The summed E-state index contributed by atoms with van der Waals surface area (Å²) in [5.41, 5.74) is 0.904. The lowest BCUT2D eigenvalue weighted by Gasteiger charge is -2.09. The van der Waals surface area contributed by atoms with E-state index in [1.54, 1.807) is 17.4 Å². The van der Waals surface area contributed by atoms with Crippen LogP contribution in [0.1, 0.15) is 0 Å². The summed E-state index contributed by atoms with van der Waals surface area (Å²) in [6, 6.07) is 3.76. The zero-order valence-electron chi connectivity index (χ0n) is 6.21. The van der Waals surface area contributed by atoms with Crippen molar-refractivity contribution in [2.45, 2.75) is 0 Å². The summed E-state index contributed by atoms with van der Waals surface area (Å²) in [5, 5.41) is 6.09. The topological polar surface area (TPSA) is 37.7 Å². The van der Waals surface area contributed by atoms with Crippen LogP contribution in [-0.2, 0) is 4.74 Å². The van der Waals surface area contributed by atoms with Gasteiger partial charge in [0.25, 0.3) is 5.23 Å². The van der Waals surface area contributed by atoms with Crippen LogP contribution in [0.3, 0.4) is 0 Å². The van der Waals surface area contributed by atoms with Gasteiger partial charge in [0.1, 0.15) is 0 Å². The number of hydrogen-bond acceptors (Lipinski definition) is 4. The van der Waals surface area contributed by atoms with Crippen molar-refractivity contribution in [2.75, 3.05) is 11.7 Å².